The zero-order valence-electron chi connectivity index (χ0n) is 15.6. The van der Waals surface area contributed by atoms with E-state index in [-0.39, 0.29) is 17.3 Å². The lowest BCUT2D eigenvalue weighted by Gasteiger charge is -2.12. The first kappa shape index (κ1) is 19.6. The lowest BCUT2D eigenvalue weighted by atomic mass is 10.1. The molecule has 0 unspecified atom stereocenters. The number of carbonyl (C=O) groups is 1. The Kier molecular flexibility index (Phi) is 6.31. The second kappa shape index (κ2) is 8.69. The van der Waals surface area contributed by atoms with Gasteiger partial charge in [0.15, 0.2) is 5.16 Å². The Balaban J connectivity index is 1.60. The first-order valence-electron chi connectivity index (χ1n) is 9.17. The Bertz CT molecular complexity index is 876. The molecule has 2 aromatic rings. The lowest BCUT2D eigenvalue weighted by Crippen LogP contribution is -2.26. The number of thioether (sulfide) groups is 1. The Morgan fingerprint density at radius 2 is 2.04 bits per heavy atom. The molecule has 0 radical (unpaired) electrons. The number of nitrogens with zero attached hydrogens (tertiary/aromatic N) is 2. The number of aromatic nitrogens is 2. The third-order valence-corrected chi connectivity index (χ3v) is 5.68. The van der Waals surface area contributed by atoms with Crippen LogP contribution in [0.5, 0.6) is 0 Å². The largest absolute Gasteiger partial charge is 0.353 e. The van der Waals surface area contributed by atoms with E-state index < -0.39 is 0 Å². The van der Waals surface area contributed by atoms with Gasteiger partial charge in [-0.2, -0.15) is 0 Å². The summed E-state index contributed by atoms with van der Waals surface area (Å²) in [6.07, 6.45) is 3.86. The SMILES string of the molecule is Cc1nc(SCCCC(=O)NC2CC2)n(C)c(=O)c1Cc1ccc(F)cc1. The van der Waals surface area contributed by atoms with Crippen LogP contribution in [0.25, 0.3) is 0 Å². The topological polar surface area (TPSA) is 64.0 Å². The van der Waals surface area contributed by atoms with Gasteiger partial charge in [-0.3, -0.25) is 14.2 Å². The summed E-state index contributed by atoms with van der Waals surface area (Å²) in [6.45, 7) is 1.83. The summed E-state index contributed by atoms with van der Waals surface area (Å²) in [5.41, 5.74) is 2.11. The maximum Gasteiger partial charge on any atom is 0.257 e. The fourth-order valence-corrected chi connectivity index (χ4v) is 3.74. The zero-order chi connectivity index (χ0) is 19.4. The van der Waals surface area contributed by atoms with Crippen molar-refractivity contribution in [3.05, 3.63) is 57.3 Å². The normalized spacial score (nSPS) is 13.6. The van der Waals surface area contributed by atoms with Gasteiger partial charge in [0.25, 0.3) is 5.56 Å². The first-order valence-corrected chi connectivity index (χ1v) is 10.2. The summed E-state index contributed by atoms with van der Waals surface area (Å²) in [5, 5.41) is 3.63. The Morgan fingerprint density at radius 1 is 1.33 bits per heavy atom. The molecule has 0 atom stereocenters. The van der Waals surface area contributed by atoms with Gasteiger partial charge in [-0.1, -0.05) is 23.9 Å². The number of benzene rings is 1. The molecular weight excluding hydrogens is 365 g/mol. The molecule has 5 nitrogen and oxygen atoms in total. The smallest absolute Gasteiger partial charge is 0.257 e. The third kappa shape index (κ3) is 5.42. The van der Waals surface area contributed by atoms with Gasteiger partial charge in [0.05, 0.1) is 0 Å². The minimum atomic E-state index is -0.293. The summed E-state index contributed by atoms with van der Waals surface area (Å²) in [7, 11) is 1.71. The van der Waals surface area contributed by atoms with Crippen LogP contribution in [-0.4, -0.2) is 27.3 Å². The van der Waals surface area contributed by atoms with Gasteiger partial charge in [0.1, 0.15) is 5.82 Å². The minimum absolute atomic E-state index is 0.0826. The Labute approximate surface area is 162 Å². The standard InChI is InChI=1S/C20H24FN3O2S/c1-13-17(12-14-5-7-15(21)8-6-14)19(26)24(2)20(22-13)27-11-3-4-18(25)23-16-9-10-16/h5-8,16H,3-4,9-12H2,1-2H3,(H,23,25). The first-order chi connectivity index (χ1) is 12.9. The number of carbonyl (C=O) groups excluding carboxylic acids is 1. The number of hydrogen-bond acceptors (Lipinski definition) is 4. The van der Waals surface area contributed by atoms with Crippen LogP contribution in [-0.2, 0) is 18.3 Å². The van der Waals surface area contributed by atoms with Crippen molar-refractivity contribution in [3.8, 4) is 0 Å². The Morgan fingerprint density at radius 3 is 2.70 bits per heavy atom. The van der Waals surface area contributed by atoms with Gasteiger partial charge in [0.2, 0.25) is 5.91 Å². The second-order valence-corrected chi connectivity index (χ2v) is 7.98. The van der Waals surface area contributed by atoms with Crippen molar-refractivity contribution < 1.29 is 9.18 Å². The van der Waals surface area contributed by atoms with Gasteiger partial charge >= 0.3 is 0 Å². The maximum absolute atomic E-state index is 13.1. The van der Waals surface area contributed by atoms with E-state index in [0.29, 0.717) is 35.3 Å². The number of aryl methyl sites for hydroxylation is 1. The van der Waals surface area contributed by atoms with Crippen molar-refractivity contribution in [2.24, 2.45) is 7.05 Å². The van der Waals surface area contributed by atoms with Crippen molar-refractivity contribution >= 4 is 17.7 Å². The average molecular weight is 389 g/mol. The van der Waals surface area contributed by atoms with Crippen molar-refractivity contribution in [2.45, 2.75) is 50.2 Å². The molecule has 144 valence electrons. The number of halogens is 1. The molecule has 0 spiro atoms. The number of amides is 1. The number of rotatable bonds is 8. The summed E-state index contributed by atoms with van der Waals surface area (Å²) >= 11 is 1.49. The molecule has 3 rings (SSSR count). The van der Waals surface area contributed by atoms with Gasteiger partial charge in [-0.15, -0.1) is 0 Å². The van der Waals surface area contributed by atoms with Crippen molar-refractivity contribution in [2.75, 3.05) is 5.75 Å². The summed E-state index contributed by atoms with van der Waals surface area (Å²) in [5.74, 6) is 0.541. The van der Waals surface area contributed by atoms with Crippen molar-refractivity contribution in [1.29, 1.82) is 0 Å². The number of nitrogens with one attached hydrogen (secondary N) is 1. The van der Waals surface area contributed by atoms with E-state index >= 15 is 0 Å². The van der Waals surface area contributed by atoms with E-state index in [2.05, 4.69) is 10.3 Å². The molecule has 1 aromatic heterocycles. The molecule has 1 aliphatic carbocycles. The van der Waals surface area contributed by atoms with Gasteiger partial charge in [0, 0.05) is 42.9 Å². The van der Waals surface area contributed by atoms with Crippen LogP contribution in [0.15, 0.2) is 34.2 Å². The highest BCUT2D eigenvalue weighted by Gasteiger charge is 2.22. The predicted octanol–water partition coefficient (Wildman–Crippen LogP) is 2.97. The fraction of sp³-hybridized carbons (Fsp3) is 0.450. The highest BCUT2D eigenvalue weighted by atomic mass is 32.2. The molecule has 1 fully saturated rings. The van der Waals surface area contributed by atoms with Crippen LogP contribution >= 0.6 is 11.8 Å². The van der Waals surface area contributed by atoms with Gasteiger partial charge < -0.3 is 5.32 Å². The quantitative estimate of drug-likeness (QED) is 0.428. The van der Waals surface area contributed by atoms with E-state index in [1.165, 1.54) is 23.9 Å². The molecule has 1 aromatic carbocycles. The van der Waals surface area contributed by atoms with Crippen LogP contribution in [0.3, 0.4) is 0 Å². The highest BCUT2D eigenvalue weighted by molar-refractivity contribution is 7.99. The monoisotopic (exact) mass is 389 g/mol. The molecule has 1 saturated carbocycles. The molecule has 0 saturated heterocycles. The van der Waals surface area contributed by atoms with Crippen LogP contribution in [0.4, 0.5) is 4.39 Å². The Hall–Kier alpha value is -2.15. The molecule has 27 heavy (non-hydrogen) atoms. The van der Waals surface area contributed by atoms with Crippen LogP contribution in [0, 0.1) is 12.7 Å². The van der Waals surface area contributed by atoms with E-state index in [0.717, 1.165) is 30.6 Å². The van der Waals surface area contributed by atoms with Crippen LogP contribution in [0.2, 0.25) is 0 Å². The molecule has 1 heterocycles. The third-order valence-electron chi connectivity index (χ3n) is 4.57. The summed E-state index contributed by atoms with van der Waals surface area (Å²) in [6, 6.07) is 6.55. The fourth-order valence-electron chi connectivity index (χ4n) is 2.79. The molecule has 1 N–H and O–H groups in total. The summed E-state index contributed by atoms with van der Waals surface area (Å²) in [4.78, 5) is 29.0. The van der Waals surface area contributed by atoms with Crippen molar-refractivity contribution in [1.82, 2.24) is 14.9 Å². The molecule has 1 amide bonds. The van der Waals surface area contributed by atoms with Crippen LogP contribution in [0.1, 0.15) is 42.5 Å². The van der Waals surface area contributed by atoms with E-state index in [4.69, 9.17) is 0 Å². The van der Waals surface area contributed by atoms with E-state index in [1.54, 1.807) is 23.7 Å². The minimum Gasteiger partial charge on any atom is -0.353 e. The van der Waals surface area contributed by atoms with Gasteiger partial charge in [-0.25, -0.2) is 9.37 Å². The highest BCUT2D eigenvalue weighted by Crippen LogP contribution is 2.20. The average Bonchev–Trinajstić information content (AvgIpc) is 3.45. The number of hydrogen-bond donors (Lipinski definition) is 1. The molecular formula is C20H24FN3O2S. The zero-order valence-corrected chi connectivity index (χ0v) is 16.4. The molecule has 0 aliphatic heterocycles. The second-order valence-electron chi connectivity index (χ2n) is 6.92. The molecule has 1 aliphatic rings. The summed E-state index contributed by atoms with van der Waals surface area (Å²) < 4.78 is 14.6. The molecule has 0 bridgehead atoms. The maximum atomic E-state index is 13.1. The van der Waals surface area contributed by atoms with Crippen LogP contribution < -0.4 is 10.9 Å². The van der Waals surface area contributed by atoms with E-state index in [1.807, 2.05) is 6.92 Å². The molecule has 7 heteroatoms. The predicted molar refractivity (Wildman–Crippen MR) is 105 cm³/mol. The lowest BCUT2D eigenvalue weighted by molar-refractivity contribution is -0.121. The van der Waals surface area contributed by atoms with E-state index in [9.17, 15) is 14.0 Å². The van der Waals surface area contributed by atoms with Crippen molar-refractivity contribution in [3.63, 3.8) is 0 Å². The van der Waals surface area contributed by atoms with Gasteiger partial charge in [-0.05, 0) is 43.9 Å².